The maximum atomic E-state index is 10.6. The molecule has 0 aromatic heterocycles. The standard InChI is InChI=1S/C7H13NO4/c9-4-5-6(10)2-1-3-8(5)7(11)12/h5-6,9-10H,1-4H2,(H,11,12). The van der Waals surface area contributed by atoms with Gasteiger partial charge in [0.2, 0.25) is 0 Å². The molecule has 70 valence electrons. The Labute approximate surface area is 70.2 Å². The van der Waals surface area contributed by atoms with Gasteiger partial charge in [0.05, 0.1) is 18.8 Å². The zero-order valence-electron chi connectivity index (χ0n) is 6.68. The molecule has 5 heteroatoms. The third-order valence-corrected chi connectivity index (χ3v) is 2.18. The minimum absolute atomic E-state index is 0.312. The molecule has 1 fully saturated rings. The van der Waals surface area contributed by atoms with Crippen molar-refractivity contribution in [3.8, 4) is 0 Å². The molecule has 0 radical (unpaired) electrons. The van der Waals surface area contributed by atoms with Gasteiger partial charge in [-0.1, -0.05) is 0 Å². The van der Waals surface area contributed by atoms with Crippen molar-refractivity contribution >= 4 is 6.09 Å². The van der Waals surface area contributed by atoms with Crippen molar-refractivity contribution in [1.29, 1.82) is 0 Å². The van der Waals surface area contributed by atoms with Gasteiger partial charge in [-0.3, -0.25) is 0 Å². The van der Waals surface area contributed by atoms with Crippen LogP contribution in [-0.2, 0) is 0 Å². The molecule has 1 aliphatic heterocycles. The average Bonchev–Trinajstić information content (AvgIpc) is 2.03. The lowest BCUT2D eigenvalue weighted by atomic mass is 10.0. The molecule has 0 spiro atoms. The van der Waals surface area contributed by atoms with Gasteiger partial charge in [-0.2, -0.15) is 0 Å². The number of aliphatic hydroxyl groups is 2. The summed E-state index contributed by atoms with van der Waals surface area (Å²) < 4.78 is 0. The van der Waals surface area contributed by atoms with Gasteiger partial charge in [-0.05, 0) is 12.8 Å². The van der Waals surface area contributed by atoms with Crippen LogP contribution in [-0.4, -0.2) is 51.6 Å². The van der Waals surface area contributed by atoms with Crippen LogP contribution in [0.2, 0.25) is 0 Å². The van der Waals surface area contributed by atoms with Crippen molar-refractivity contribution in [3.05, 3.63) is 0 Å². The van der Waals surface area contributed by atoms with E-state index in [0.29, 0.717) is 19.4 Å². The topological polar surface area (TPSA) is 81.0 Å². The number of hydrogen-bond donors (Lipinski definition) is 3. The van der Waals surface area contributed by atoms with Gasteiger partial charge in [0.1, 0.15) is 0 Å². The number of rotatable bonds is 1. The molecule has 0 aliphatic carbocycles. The quantitative estimate of drug-likeness (QED) is 0.501. The van der Waals surface area contributed by atoms with E-state index in [0.717, 1.165) is 4.90 Å². The first kappa shape index (κ1) is 9.28. The lowest BCUT2D eigenvalue weighted by Crippen LogP contribution is -2.52. The van der Waals surface area contributed by atoms with Crippen molar-refractivity contribution in [2.24, 2.45) is 0 Å². The third-order valence-electron chi connectivity index (χ3n) is 2.18. The van der Waals surface area contributed by atoms with Crippen LogP contribution >= 0.6 is 0 Å². The Morgan fingerprint density at radius 3 is 2.67 bits per heavy atom. The summed E-state index contributed by atoms with van der Waals surface area (Å²) in [6, 6.07) is -0.642. The van der Waals surface area contributed by atoms with E-state index in [1.807, 2.05) is 0 Å². The van der Waals surface area contributed by atoms with Crippen LogP contribution < -0.4 is 0 Å². The summed E-state index contributed by atoms with van der Waals surface area (Å²) in [6.45, 7) is 0.0884. The van der Waals surface area contributed by atoms with E-state index in [2.05, 4.69) is 0 Å². The highest BCUT2D eigenvalue weighted by molar-refractivity contribution is 5.65. The van der Waals surface area contributed by atoms with E-state index in [9.17, 15) is 9.90 Å². The van der Waals surface area contributed by atoms with Gasteiger partial charge in [-0.25, -0.2) is 4.79 Å². The first-order chi connectivity index (χ1) is 5.66. The second-order valence-corrected chi connectivity index (χ2v) is 2.94. The lowest BCUT2D eigenvalue weighted by Gasteiger charge is -2.35. The van der Waals surface area contributed by atoms with Crippen LogP contribution in [0, 0.1) is 0 Å². The molecule has 2 unspecified atom stereocenters. The summed E-state index contributed by atoms with van der Waals surface area (Å²) in [5, 5.41) is 26.8. The van der Waals surface area contributed by atoms with E-state index >= 15 is 0 Å². The third kappa shape index (κ3) is 1.67. The first-order valence-corrected chi connectivity index (χ1v) is 3.95. The number of carbonyl (C=O) groups is 1. The summed E-state index contributed by atoms with van der Waals surface area (Å²) in [7, 11) is 0. The molecule has 1 heterocycles. The summed E-state index contributed by atoms with van der Waals surface area (Å²) >= 11 is 0. The minimum Gasteiger partial charge on any atom is -0.465 e. The number of likely N-dealkylation sites (tertiary alicyclic amines) is 1. The SMILES string of the molecule is O=C(O)N1CCCC(O)C1CO. The molecule has 5 nitrogen and oxygen atoms in total. The lowest BCUT2D eigenvalue weighted by molar-refractivity contribution is -0.00798. The van der Waals surface area contributed by atoms with Crippen LogP contribution in [0.5, 0.6) is 0 Å². The Balaban J connectivity index is 2.64. The number of aliphatic hydroxyl groups excluding tert-OH is 2. The van der Waals surface area contributed by atoms with Crippen molar-refractivity contribution in [1.82, 2.24) is 4.90 Å². The number of carboxylic acid groups (broad SMARTS) is 1. The summed E-state index contributed by atoms with van der Waals surface area (Å²) in [5.74, 6) is 0. The second kappa shape index (κ2) is 3.73. The van der Waals surface area contributed by atoms with Crippen LogP contribution in [0.25, 0.3) is 0 Å². The Morgan fingerprint density at radius 1 is 1.58 bits per heavy atom. The smallest absolute Gasteiger partial charge is 0.407 e. The van der Waals surface area contributed by atoms with Gasteiger partial charge in [-0.15, -0.1) is 0 Å². The van der Waals surface area contributed by atoms with Crippen molar-refractivity contribution in [2.75, 3.05) is 13.2 Å². The maximum absolute atomic E-state index is 10.6. The van der Waals surface area contributed by atoms with Gasteiger partial charge in [0, 0.05) is 6.54 Å². The minimum atomic E-state index is -1.08. The predicted molar refractivity (Wildman–Crippen MR) is 40.8 cm³/mol. The predicted octanol–water partition coefficient (Wildman–Crippen LogP) is -0.518. The molecule has 1 amide bonds. The summed E-state index contributed by atoms with van der Waals surface area (Å²) in [5.41, 5.74) is 0. The Hall–Kier alpha value is -0.810. The van der Waals surface area contributed by atoms with E-state index in [-0.39, 0.29) is 6.61 Å². The molecule has 0 bridgehead atoms. The molecule has 0 aromatic carbocycles. The number of piperidine rings is 1. The normalized spacial score (nSPS) is 30.3. The van der Waals surface area contributed by atoms with E-state index in [1.54, 1.807) is 0 Å². The fourth-order valence-electron chi connectivity index (χ4n) is 1.49. The van der Waals surface area contributed by atoms with Crippen LogP contribution in [0.15, 0.2) is 0 Å². The van der Waals surface area contributed by atoms with Crippen molar-refractivity contribution in [3.63, 3.8) is 0 Å². The fourth-order valence-corrected chi connectivity index (χ4v) is 1.49. The molecule has 0 saturated carbocycles. The van der Waals surface area contributed by atoms with Crippen LogP contribution in [0.1, 0.15) is 12.8 Å². The van der Waals surface area contributed by atoms with Gasteiger partial charge in [0.15, 0.2) is 0 Å². The molecule has 0 aromatic rings. The Morgan fingerprint density at radius 2 is 2.25 bits per heavy atom. The molecule has 2 atom stereocenters. The summed E-state index contributed by atoms with van der Waals surface area (Å²) in [6.07, 6.45) is -0.577. The molecular weight excluding hydrogens is 162 g/mol. The zero-order chi connectivity index (χ0) is 9.14. The van der Waals surface area contributed by atoms with E-state index in [4.69, 9.17) is 10.2 Å². The highest BCUT2D eigenvalue weighted by atomic mass is 16.4. The van der Waals surface area contributed by atoms with Crippen molar-refractivity contribution in [2.45, 2.75) is 25.0 Å². The Kier molecular flexibility index (Phi) is 2.88. The molecule has 3 N–H and O–H groups in total. The first-order valence-electron chi connectivity index (χ1n) is 3.95. The van der Waals surface area contributed by atoms with Crippen LogP contribution in [0.4, 0.5) is 4.79 Å². The molecule has 1 saturated heterocycles. The van der Waals surface area contributed by atoms with E-state index in [1.165, 1.54) is 0 Å². The zero-order valence-corrected chi connectivity index (χ0v) is 6.68. The Bertz CT molecular complexity index is 173. The highest BCUT2D eigenvalue weighted by Gasteiger charge is 2.32. The van der Waals surface area contributed by atoms with E-state index < -0.39 is 18.2 Å². The van der Waals surface area contributed by atoms with Crippen molar-refractivity contribution < 1.29 is 20.1 Å². The molecule has 12 heavy (non-hydrogen) atoms. The fraction of sp³-hybridized carbons (Fsp3) is 0.857. The molecule has 1 aliphatic rings. The average molecular weight is 175 g/mol. The number of hydrogen-bond acceptors (Lipinski definition) is 3. The number of amides is 1. The summed E-state index contributed by atoms with van der Waals surface area (Å²) in [4.78, 5) is 11.7. The molecule has 1 rings (SSSR count). The van der Waals surface area contributed by atoms with Gasteiger partial charge in [0.25, 0.3) is 0 Å². The largest absolute Gasteiger partial charge is 0.465 e. The highest BCUT2D eigenvalue weighted by Crippen LogP contribution is 2.17. The second-order valence-electron chi connectivity index (χ2n) is 2.94. The number of nitrogens with zero attached hydrogens (tertiary/aromatic N) is 1. The molecular formula is C7H13NO4. The van der Waals surface area contributed by atoms with Crippen LogP contribution in [0.3, 0.4) is 0 Å². The maximum Gasteiger partial charge on any atom is 0.407 e. The van der Waals surface area contributed by atoms with Gasteiger partial charge >= 0.3 is 6.09 Å². The van der Waals surface area contributed by atoms with Gasteiger partial charge < -0.3 is 20.2 Å². The monoisotopic (exact) mass is 175 g/mol.